The number of methoxy groups -OCH3 is 2. The van der Waals surface area contributed by atoms with E-state index in [9.17, 15) is 10.2 Å². The average molecular weight is 456 g/mol. The van der Waals surface area contributed by atoms with Gasteiger partial charge in [0.2, 0.25) is 0 Å². The predicted molar refractivity (Wildman–Crippen MR) is 99.9 cm³/mol. The average Bonchev–Trinajstić information content (AvgIpc) is 3.06. The molecule has 2 N–H and O–H groups in total. The number of aromatic nitrogens is 2. The van der Waals surface area contributed by atoms with Gasteiger partial charge in [0.15, 0.2) is 23.0 Å². The minimum Gasteiger partial charge on any atom is -0.504 e. The first-order chi connectivity index (χ1) is 11.5. The zero-order valence-electron chi connectivity index (χ0n) is 12.8. The van der Waals surface area contributed by atoms with E-state index in [2.05, 4.69) is 32.8 Å². The van der Waals surface area contributed by atoms with Gasteiger partial charge in [-0.25, -0.2) is 0 Å². The molecule has 0 amide bonds. The van der Waals surface area contributed by atoms with Crippen molar-refractivity contribution in [2.45, 2.75) is 0 Å². The van der Waals surface area contributed by atoms with Crippen molar-refractivity contribution in [3.05, 3.63) is 33.9 Å². The number of benzene rings is 2. The summed E-state index contributed by atoms with van der Waals surface area (Å²) in [5, 5.41) is 28.8. The van der Waals surface area contributed by atoms with Gasteiger partial charge < -0.3 is 19.7 Å². The summed E-state index contributed by atoms with van der Waals surface area (Å²) in [5.74, 6) is 0.911. The van der Waals surface area contributed by atoms with Crippen LogP contribution in [-0.2, 0) is 0 Å². The Labute approximate surface area is 155 Å². The van der Waals surface area contributed by atoms with E-state index in [1.54, 1.807) is 20.3 Å². The molecule has 0 saturated carbocycles. The molecule has 0 aliphatic heterocycles. The SMILES string of the molecule is COc1cc(I)c(-c2nnc(-c3ccc(O)c(O)c3)s2)cc1OC. The highest BCUT2D eigenvalue weighted by Gasteiger charge is 2.16. The minimum absolute atomic E-state index is 0.169. The summed E-state index contributed by atoms with van der Waals surface area (Å²) in [4.78, 5) is 0. The Morgan fingerprint density at radius 2 is 1.58 bits per heavy atom. The zero-order chi connectivity index (χ0) is 17.3. The van der Waals surface area contributed by atoms with Crippen LogP contribution >= 0.6 is 33.9 Å². The topological polar surface area (TPSA) is 84.7 Å². The van der Waals surface area contributed by atoms with Crippen LogP contribution in [0.25, 0.3) is 21.1 Å². The lowest BCUT2D eigenvalue weighted by atomic mass is 10.2. The van der Waals surface area contributed by atoms with Crippen LogP contribution < -0.4 is 9.47 Å². The van der Waals surface area contributed by atoms with Crippen LogP contribution in [0.4, 0.5) is 0 Å². The second-order valence-corrected chi connectivity index (χ2v) is 6.94. The lowest BCUT2D eigenvalue weighted by Gasteiger charge is -2.10. The normalized spacial score (nSPS) is 10.6. The van der Waals surface area contributed by atoms with Crippen LogP contribution in [0.15, 0.2) is 30.3 Å². The van der Waals surface area contributed by atoms with Crippen molar-refractivity contribution in [3.8, 4) is 44.1 Å². The molecule has 8 heteroatoms. The van der Waals surface area contributed by atoms with Crippen molar-refractivity contribution in [2.24, 2.45) is 0 Å². The van der Waals surface area contributed by atoms with Crippen LogP contribution in [0.3, 0.4) is 0 Å². The standard InChI is InChI=1S/C16H13IN2O4S/c1-22-13-6-9(10(17)7-14(13)23-2)16-19-18-15(24-16)8-3-4-11(20)12(21)5-8/h3-7,20-21H,1-2H3. The van der Waals surface area contributed by atoms with Gasteiger partial charge in [-0.15, -0.1) is 10.2 Å². The number of ether oxygens (including phenoxy) is 2. The Bertz CT molecular complexity index is 898. The first-order valence-corrected chi connectivity index (χ1v) is 8.70. The largest absolute Gasteiger partial charge is 0.504 e. The number of aromatic hydroxyl groups is 2. The van der Waals surface area contributed by atoms with Gasteiger partial charge >= 0.3 is 0 Å². The quantitative estimate of drug-likeness (QED) is 0.458. The van der Waals surface area contributed by atoms with E-state index < -0.39 is 0 Å². The Morgan fingerprint density at radius 3 is 2.25 bits per heavy atom. The van der Waals surface area contributed by atoms with Crippen LogP contribution in [0.1, 0.15) is 0 Å². The third kappa shape index (κ3) is 3.11. The molecule has 24 heavy (non-hydrogen) atoms. The lowest BCUT2D eigenvalue weighted by Crippen LogP contribution is -1.93. The number of hydrogen-bond donors (Lipinski definition) is 2. The molecule has 0 bridgehead atoms. The van der Waals surface area contributed by atoms with Gasteiger partial charge in [0.25, 0.3) is 0 Å². The fraction of sp³-hybridized carbons (Fsp3) is 0.125. The van der Waals surface area contributed by atoms with Crippen molar-refractivity contribution >= 4 is 33.9 Å². The van der Waals surface area contributed by atoms with Crippen molar-refractivity contribution in [2.75, 3.05) is 14.2 Å². The lowest BCUT2D eigenvalue weighted by molar-refractivity contribution is 0.355. The van der Waals surface area contributed by atoms with Gasteiger partial charge in [-0.3, -0.25) is 0 Å². The fourth-order valence-electron chi connectivity index (χ4n) is 2.12. The summed E-state index contributed by atoms with van der Waals surface area (Å²) in [7, 11) is 3.17. The van der Waals surface area contributed by atoms with E-state index in [0.717, 1.165) is 14.1 Å². The number of phenols is 2. The molecule has 6 nitrogen and oxygen atoms in total. The van der Waals surface area contributed by atoms with E-state index >= 15 is 0 Å². The maximum atomic E-state index is 9.63. The van der Waals surface area contributed by atoms with Crippen LogP contribution in [0, 0.1) is 3.57 Å². The van der Waals surface area contributed by atoms with E-state index in [-0.39, 0.29) is 11.5 Å². The molecule has 124 valence electrons. The fourth-order valence-corrected chi connectivity index (χ4v) is 3.87. The monoisotopic (exact) mass is 456 g/mol. The molecule has 0 atom stereocenters. The summed E-state index contributed by atoms with van der Waals surface area (Å²) in [6, 6.07) is 8.30. The van der Waals surface area contributed by atoms with E-state index in [4.69, 9.17) is 9.47 Å². The molecule has 3 rings (SSSR count). The second kappa shape index (κ2) is 6.81. The highest BCUT2D eigenvalue weighted by atomic mass is 127. The zero-order valence-corrected chi connectivity index (χ0v) is 15.8. The van der Waals surface area contributed by atoms with Crippen molar-refractivity contribution in [1.82, 2.24) is 10.2 Å². The van der Waals surface area contributed by atoms with Gasteiger partial charge in [0, 0.05) is 14.7 Å². The molecule has 0 fully saturated rings. The molecule has 2 aromatic carbocycles. The Kier molecular flexibility index (Phi) is 4.76. The molecule has 3 aromatic rings. The third-order valence-corrected chi connectivity index (χ3v) is 5.25. The highest BCUT2D eigenvalue weighted by Crippen LogP contribution is 2.39. The summed E-state index contributed by atoms with van der Waals surface area (Å²) in [5.41, 5.74) is 1.57. The summed E-state index contributed by atoms with van der Waals surface area (Å²) >= 11 is 3.59. The number of phenolic OH excluding ortho intramolecular Hbond substituents is 2. The first-order valence-electron chi connectivity index (χ1n) is 6.81. The number of halogens is 1. The molecule has 0 aliphatic carbocycles. The van der Waals surface area contributed by atoms with Crippen LogP contribution in [0.2, 0.25) is 0 Å². The Balaban J connectivity index is 2.03. The van der Waals surface area contributed by atoms with Crippen molar-refractivity contribution < 1.29 is 19.7 Å². The molecule has 0 aliphatic rings. The number of rotatable bonds is 4. The molecule has 0 saturated heterocycles. The number of nitrogens with zero attached hydrogens (tertiary/aromatic N) is 2. The first kappa shape index (κ1) is 16.8. The summed E-state index contributed by atoms with van der Waals surface area (Å²) in [6.07, 6.45) is 0. The number of hydrogen-bond acceptors (Lipinski definition) is 7. The van der Waals surface area contributed by atoms with Crippen molar-refractivity contribution in [1.29, 1.82) is 0 Å². The van der Waals surface area contributed by atoms with Crippen LogP contribution in [0.5, 0.6) is 23.0 Å². The molecule has 0 radical (unpaired) electrons. The molecule has 1 heterocycles. The predicted octanol–water partition coefficient (Wildman–Crippen LogP) is 3.91. The molecular weight excluding hydrogens is 443 g/mol. The third-order valence-electron chi connectivity index (χ3n) is 3.35. The van der Waals surface area contributed by atoms with Gasteiger partial charge in [0.1, 0.15) is 10.0 Å². The van der Waals surface area contributed by atoms with Gasteiger partial charge in [0.05, 0.1) is 14.2 Å². The van der Waals surface area contributed by atoms with E-state index in [1.165, 1.54) is 23.5 Å². The van der Waals surface area contributed by atoms with Crippen LogP contribution in [-0.4, -0.2) is 34.6 Å². The Hall–Kier alpha value is -2.07. The maximum absolute atomic E-state index is 9.63. The molecule has 0 spiro atoms. The molecule has 0 unspecified atom stereocenters. The Morgan fingerprint density at radius 1 is 0.917 bits per heavy atom. The van der Waals surface area contributed by atoms with Crippen molar-refractivity contribution in [3.63, 3.8) is 0 Å². The van der Waals surface area contributed by atoms with E-state index in [1.807, 2.05) is 12.1 Å². The maximum Gasteiger partial charge on any atom is 0.161 e. The molecular formula is C16H13IN2O4S. The highest BCUT2D eigenvalue weighted by molar-refractivity contribution is 14.1. The smallest absolute Gasteiger partial charge is 0.161 e. The van der Waals surface area contributed by atoms with Gasteiger partial charge in [-0.1, -0.05) is 11.3 Å². The minimum atomic E-state index is -0.190. The summed E-state index contributed by atoms with van der Waals surface area (Å²) < 4.78 is 11.6. The van der Waals surface area contributed by atoms with Gasteiger partial charge in [-0.05, 0) is 52.9 Å². The summed E-state index contributed by atoms with van der Waals surface area (Å²) in [6.45, 7) is 0. The molecule has 1 aromatic heterocycles. The van der Waals surface area contributed by atoms with Gasteiger partial charge in [-0.2, -0.15) is 0 Å². The second-order valence-electron chi connectivity index (χ2n) is 4.80. The van der Waals surface area contributed by atoms with E-state index in [0.29, 0.717) is 22.1 Å².